The van der Waals surface area contributed by atoms with E-state index in [0.29, 0.717) is 18.4 Å². The Hall–Kier alpha value is -3.05. The minimum Gasteiger partial charge on any atom is -0.313 e. The molecule has 0 aromatic heterocycles. The molecule has 174 valence electrons. The van der Waals surface area contributed by atoms with Crippen LogP contribution in [0.25, 0.3) is 0 Å². The van der Waals surface area contributed by atoms with Gasteiger partial charge in [-0.25, -0.2) is 0 Å². The van der Waals surface area contributed by atoms with Crippen molar-refractivity contribution in [3.05, 3.63) is 138 Å². The summed E-state index contributed by atoms with van der Waals surface area (Å²) in [7, 11) is -3.59. The quantitative estimate of drug-likeness (QED) is 0.204. The number of hydrogen-bond acceptors (Lipinski definition) is 5. The van der Waals surface area contributed by atoms with Crippen molar-refractivity contribution in [1.82, 2.24) is 5.06 Å². The molecule has 0 heterocycles. The van der Waals surface area contributed by atoms with E-state index >= 15 is 0 Å². The number of benzene rings is 4. The first-order valence-corrected chi connectivity index (χ1v) is 12.7. The van der Waals surface area contributed by atoms with Crippen molar-refractivity contribution >= 4 is 12.9 Å². The summed E-state index contributed by atoms with van der Waals surface area (Å²) < 4.78 is 25.6. The Bertz CT molecular complexity index is 1140. The molecule has 0 aliphatic carbocycles. The van der Waals surface area contributed by atoms with Crippen LogP contribution in [0, 0.1) is 0 Å². The van der Waals surface area contributed by atoms with Gasteiger partial charge < -0.3 is 14.3 Å². The smallest absolute Gasteiger partial charge is 0.313 e. The van der Waals surface area contributed by atoms with Crippen molar-refractivity contribution in [2.75, 3.05) is 0 Å². The minimum atomic E-state index is -3.59. The zero-order valence-corrected chi connectivity index (χ0v) is 19.8. The fourth-order valence-corrected chi connectivity index (χ4v) is 5.02. The molecule has 5 nitrogen and oxygen atoms in total. The van der Waals surface area contributed by atoms with Crippen LogP contribution in [0.1, 0.15) is 22.3 Å². The number of hydroxylamine groups is 2. The Balaban J connectivity index is 1.46. The Morgan fingerprint density at radius 3 is 1.38 bits per heavy atom. The van der Waals surface area contributed by atoms with Gasteiger partial charge in [0.15, 0.2) is 0 Å². The minimum absolute atomic E-state index is 0.177. The Morgan fingerprint density at radius 1 is 0.559 bits per heavy atom. The van der Waals surface area contributed by atoms with E-state index in [9.17, 15) is 9.77 Å². The van der Waals surface area contributed by atoms with Gasteiger partial charge in [0, 0.05) is 13.1 Å². The molecule has 0 saturated heterocycles. The maximum absolute atomic E-state index is 13.8. The highest BCUT2D eigenvalue weighted by Crippen LogP contribution is 2.48. The van der Waals surface area contributed by atoms with Crippen molar-refractivity contribution in [1.29, 1.82) is 0 Å². The molecular weight excluding hydrogens is 445 g/mol. The summed E-state index contributed by atoms with van der Waals surface area (Å²) in [6, 6.07) is 36.2. The van der Waals surface area contributed by atoms with Gasteiger partial charge >= 0.3 is 7.60 Å². The zero-order chi connectivity index (χ0) is 23.6. The Morgan fingerprint density at radius 2 is 0.941 bits per heavy atom. The summed E-state index contributed by atoms with van der Waals surface area (Å²) in [6.07, 6.45) is 0. The largest absolute Gasteiger partial charge is 0.361 e. The molecule has 0 bridgehead atoms. The molecule has 4 aromatic carbocycles. The third kappa shape index (κ3) is 6.97. The van der Waals surface area contributed by atoms with E-state index < -0.39 is 7.60 Å². The van der Waals surface area contributed by atoms with Crippen LogP contribution in [0.4, 0.5) is 0 Å². The van der Waals surface area contributed by atoms with E-state index in [1.807, 2.05) is 103 Å². The molecule has 0 aliphatic heterocycles. The second-order valence-corrected chi connectivity index (χ2v) is 10.0. The van der Waals surface area contributed by atoms with Crippen LogP contribution in [0.3, 0.4) is 0 Å². The predicted octanol–water partition coefficient (Wildman–Crippen LogP) is 6.33. The van der Waals surface area contributed by atoms with Crippen molar-refractivity contribution in [3.63, 3.8) is 0 Å². The van der Waals surface area contributed by atoms with Gasteiger partial charge in [0.2, 0.25) is 0 Å². The van der Waals surface area contributed by atoms with Crippen LogP contribution >= 0.6 is 7.60 Å². The third-order valence-corrected chi connectivity index (χ3v) is 7.18. The number of nitrogens with zero attached hydrogens (tertiary/aromatic N) is 1. The summed E-state index contributed by atoms with van der Waals surface area (Å²) in [5, 5.41) is 12.1. The van der Waals surface area contributed by atoms with E-state index in [1.165, 1.54) is 5.06 Å². The molecule has 1 N–H and O–H groups in total. The molecule has 34 heavy (non-hydrogen) atoms. The van der Waals surface area contributed by atoms with Crippen LogP contribution in [0.15, 0.2) is 115 Å². The average molecular weight is 474 g/mol. The first-order chi connectivity index (χ1) is 16.6. The van der Waals surface area contributed by atoms with Crippen molar-refractivity contribution in [2.45, 2.75) is 26.3 Å². The molecule has 0 spiro atoms. The van der Waals surface area contributed by atoms with Gasteiger partial charge in [-0.1, -0.05) is 103 Å². The van der Waals surface area contributed by atoms with Gasteiger partial charge in [0.25, 0.3) is 0 Å². The van der Waals surface area contributed by atoms with Gasteiger partial charge in [-0.3, -0.25) is 4.57 Å². The van der Waals surface area contributed by atoms with E-state index in [0.717, 1.165) is 22.3 Å². The summed E-state index contributed by atoms with van der Waals surface area (Å²) in [5.74, 6) is 0. The molecule has 0 radical (unpaired) electrons. The fourth-order valence-electron chi connectivity index (χ4n) is 3.50. The van der Waals surface area contributed by atoms with Crippen LogP contribution in [-0.4, -0.2) is 10.3 Å². The standard InChI is InChI=1S/C28H28NO4P/c30-29(20-24-10-4-1-5-11-24)21-25-16-18-28(19-17-25)34(31,32-22-26-12-6-2-7-13-26)33-23-27-14-8-3-9-15-27/h1-19,30H,20-23H2. The summed E-state index contributed by atoms with van der Waals surface area (Å²) >= 11 is 0. The summed E-state index contributed by atoms with van der Waals surface area (Å²) in [5.41, 5.74) is 3.74. The first kappa shape index (κ1) is 24.1. The van der Waals surface area contributed by atoms with Crippen LogP contribution in [-0.2, 0) is 39.9 Å². The molecule has 0 atom stereocenters. The highest BCUT2D eigenvalue weighted by molar-refractivity contribution is 7.62. The van der Waals surface area contributed by atoms with E-state index in [1.54, 1.807) is 12.1 Å². The second-order valence-electron chi connectivity index (χ2n) is 7.99. The summed E-state index contributed by atoms with van der Waals surface area (Å²) in [4.78, 5) is 0. The third-order valence-electron chi connectivity index (χ3n) is 5.31. The van der Waals surface area contributed by atoms with E-state index in [-0.39, 0.29) is 13.2 Å². The molecule has 0 saturated carbocycles. The molecule has 0 unspecified atom stereocenters. The van der Waals surface area contributed by atoms with Crippen LogP contribution < -0.4 is 5.30 Å². The first-order valence-electron chi connectivity index (χ1n) is 11.1. The fraction of sp³-hybridized carbons (Fsp3) is 0.143. The maximum atomic E-state index is 13.8. The van der Waals surface area contributed by atoms with E-state index in [2.05, 4.69) is 0 Å². The average Bonchev–Trinajstić information content (AvgIpc) is 2.88. The predicted molar refractivity (Wildman–Crippen MR) is 134 cm³/mol. The van der Waals surface area contributed by atoms with Crippen molar-refractivity contribution in [2.24, 2.45) is 0 Å². The van der Waals surface area contributed by atoms with Gasteiger partial charge in [-0.2, -0.15) is 5.06 Å². The molecular formula is C28H28NO4P. The highest BCUT2D eigenvalue weighted by Gasteiger charge is 2.28. The number of rotatable bonds is 11. The lowest BCUT2D eigenvalue weighted by Crippen LogP contribution is -2.18. The lowest BCUT2D eigenvalue weighted by atomic mass is 10.2. The SMILES string of the molecule is O=P(OCc1ccccc1)(OCc1ccccc1)c1ccc(CN(O)Cc2ccccc2)cc1. The lowest BCUT2D eigenvalue weighted by Gasteiger charge is -2.20. The number of hydrogen-bond donors (Lipinski definition) is 1. The lowest BCUT2D eigenvalue weighted by molar-refractivity contribution is -0.108. The molecule has 6 heteroatoms. The molecule has 0 aliphatic rings. The molecule has 0 amide bonds. The van der Waals surface area contributed by atoms with E-state index in [4.69, 9.17) is 9.05 Å². The zero-order valence-electron chi connectivity index (χ0n) is 18.9. The normalized spacial score (nSPS) is 11.6. The maximum Gasteiger partial charge on any atom is 0.361 e. The van der Waals surface area contributed by atoms with Gasteiger partial charge in [-0.05, 0) is 34.4 Å². The summed E-state index contributed by atoms with van der Waals surface area (Å²) in [6.45, 7) is 1.11. The second kappa shape index (κ2) is 11.9. The van der Waals surface area contributed by atoms with Crippen molar-refractivity contribution < 1.29 is 18.8 Å². The van der Waals surface area contributed by atoms with Crippen LogP contribution in [0.2, 0.25) is 0 Å². The van der Waals surface area contributed by atoms with Gasteiger partial charge in [-0.15, -0.1) is 0 Å². The monoisotopic (exact) mass is 473 g/mol. The molecule has 4 rings (SSSR count). The Labute approximate surface area is 200 Å². The molecule has 0 fully saturated rings. The Kier molecular flexibility index (Phi) is 8.42. The topological polar surface area (TPSA) is 59.0 Å². The highest BCUT2D eigenvalue weighted by atomic mass is 31.2. The van der Waals surface area contributed by atoms with Gasteiger partial charge in [0.1, 0.15) is 0 Å². The van der Waals surface area contributed by atoms with Gasteiger partial charge in [0.05, 0.1) is 18.5 Å². The van der Waals surface area contributed by atoms with Crippen molar-refractivity contribution in [3.8, 4) is 0 Å². The molecule has 4 aromatic rings. The van der Waals surface area contributed by atoms with Crippen LogP contribution in [0.5, 0.6) is 0 Å².